The molecule has 0 aliphatic carbocycles. The normalized spacial score (nSPS) is 16.4. The Balaban J connectivity index is 1.89. The number of carbonyl (C=O) groups is 2. The standard InChI is InChI=1S/C14H19NO4/c1-3-18-14(17)11-4-6-15(7-5-11)13(16)12-8-10(2)19-9-12/h8-9,11H,3-7H2,1-2H3. The van der Waals surface area contributed by atoms with E-state index in [0.717, 1.165) is 5.76 Å². The molecule has 2 heterocycles. The largest absolute Gasteiger partial charge is 0.469 e. The van der Waals surface area contributed by atoms with Gasteiger partial charge in [-0.3, -0.25) is 9.59 Å². The van der Waals surface area contributed by atoms with E-state index in [0.29, 0.717) is 38.1 Å². The lowest BCUT2D eigenvalue weighted by atomic mass is 9.96. The molecule has 1 aromatic heterocycles. The van der Waals surface area contributed by atoms with E-state index < -0.39 is 0 Å². The van der Waals surface area contributed by atoms with Crippen molar-refractivity contribution in [1.82, 2.24) is 4.90 Å². The predicted molar refractivity (Wildman–Crippen MR) is 68.7 cm³/mol. The molecule has 1 aliphatic heterocycles. The van der Waals surface area contributed by atoms with Gasteiger partial charge in [0.2, 0.25) is 0 Å². The van der Waals surface area contributed by atoms with E-state index in [1.165, 1.54) is 6.26 Å². The third-order valence-electron chi connectivity index (χ3n) is 3.38. The molecule has 0 N–H and O–H groups in total. The molecule has 19 heavy (non-hydrogen) atoms. The summed E-state index contributed by atoms with van der Waals surface area (Å²) in [4.78, 5) is 25.5. The highest BCUT2D eigenvalue weighted by molar-refractivity contribution is 5.94. The Morgan fingerprint density at radius 2 is 2.11 bits per heavy atom. The first-order valence-electron chi connectivity index (χ1n) is 6.63. The summed E-state index contributed by atoms with van der Waals surface area (Å²) in [7, 11) is 0. The van der Waals surface area contributed by atoms with Crippen LogP contribution in [0.3, 0.4) is 0 Å². The summed E-state index contributed by atoms with van der Waals surface area (Å²) in [5.41, 5.74) is 0.576. The van der Waals surface area contributed by atoms with Gasteiger partial charge in [0, 0.05) is 13.1 Å². The Morgan fingerprint density at radius 1 is 1.42 bits per heavy atom. The van der Waals surface area contributed by atoms with Gasteiger partial charge in [-0.15, -0.1) is 0 Å². The summed E-state index contributed by atoms with van der Waals surface area (Å²) in [5.74, 6) is 0.479. The first-order chi connectivity index (χ1) is 9.11. The number of aryl methyl sites for hydroxylation is 1. The lowest BCUT2D eigenvalue weighted by Gasteiger charge is -2.30. The molecule has 0 aromatic carbocycles. The van der Waals surface area contributed by atoms with Crippen LogP contribution in [0.15, 0.2) is 16.7 Å². The second kappa shape index (κ2) is 5.91. The Hall–Kier alpha value is -1.78. The molecule has 5 heteroatoms. The zero-order valence-corrected chi connectivity index (χ0v) is 11.3. The van der Waals surface area contributed by atoms with Gasteiger partial charge in [-0.1, -0.05) is 0 Å². The molecule has 0 saturated carbocycles. The van der Waals surface area contributed by atoms with E-state index >= 15 is 0 Å². The lowest BCUT2D eigenvalue weighted by Crippen LogP contribution is -2.40. The van der Waals surface area contributed by atoms with Crippen molar-refractivity contribution in [2.24, 2.45) is 5.92 Å². The molecule has 0 spiro atoms. The van der Waals surface area contributed by atoms with Crippen LogP contribution in [0.25, 0.3) is 0 Å². The predicted octanol–water partition coefficient (Wildman–Crippen LogP) is 2.00. The molecule has 104 valence electrons. The SMILES string of the molecule is CCOC(=O)C1CCN(C(=O)c2coc(C)c2)CC1. The molecule has 1 aromatic rings. The van der Waals surface area contributed by atoms with Crippen LogP contribution in [0, 0.1) is 12.8 Å². The van der Waals surface area contributed by atoms with Crippen LogP contribution < -0.4 is 0 Å². The summed E-state index contributed by atoms with van der Waals surface area (Å²) < 4.78 is 10.2. The van der Waals surface area contributed by atoms with Crippen LogP contribution in [0.2, 0.25) is 0 Å². The van der Waals surface area contributed by atoms with E-state index in [1.807, 2.05) is 6.92 Å². The van der Waals surface area contributed by atoms with Crippen LogP contribution in [-0.2, 0) is 9.53 Å². The monoisotopic (exact) mass is 265 g/mol. The third-order valence-corrected chi connectivity index (χ3v) is 3.38. The molecule has 1 amide bonds. The van der Waals surface area contributed by atoms with Crippen molar-refractivity contribution in [3.8, 4) is 0 Å². The average molecular weight is 265 g/mol. The maximum absolute atomic E-state index is 12.2. The van der Waals surface area contributed by atoms with E-state index in [2.05, 4.69) is 0 Å². The van der Waals surface area contributed by atoms with Crippen molar-refractivity contribution in [1.29, 1.82) is 0 Å². The second-order valence-electron chi connectivity index (χ2n) is 4.76. The lowest BCUT2D eigenvalue weighted by molar-refractivity contribution is -0.149. The molecular formula is C14H19NO4. The fourth-order valence-corrected chi connectivity index (χ4v) is 2.32. The van der Waals surface area contributed by atoms with E-state index in [1.54, 1.807) is 17.9 Å². The number of rotatable bonds is 3. The first kappa shape index (κ1) is 13.6. The van der Waals surface area contributed by atoms with E-state index in [4.69, 9.17) is 9.15 Å². The highest BCUT2D eigenvalue weighted by atomic mass is 16.5. The van der Waals surface area contributed by atoms with Crippen LogP contribution in [-0.4, -0.2) is 36.5 Å². The van der Waals surface area contributed by atoms with E-state index in [-0.39, 0.29) is 17.8 Å². The number of carbonyl (C=O) groups excluding carboxylic acids is 2. The fourth-order valence-electron chi connectivity index (χ4n) is 2.32. The van der Waals surface area contributed by atoms with Gasteiger partial charge in [-0.05, 0) is 32.8 Å². The molecular weight excluding hydrogens is 246 g/mol. The molecule has 0 unspecified atom stereocenters. The highest BCUT2D eigenvalue weighted by Gasteiger charge is 2.28. The topological polar surface area (TPSA) is 59.8 Å². The van der Waals surface area contributed by atoms with Crippen molar-refractivity contribution in [3.63, 3.8) is 0 Å². The fraction of sp³-hybridized carbons (Fsp3) is 0.571. The number of esters is 1. The number of hydrogen-bond donors (Lipinski definition) is 0. The van der Waals surface area contributed by atoms with Crippen LogP contribution in [0.4, 0.5) is 0 Å². The van der Waals surface area contributed by atoms with Crippen molar-refractivity contribution in [3.05, 3.63) is 23.7 Å². The Morgan fingerprint density at radius 3 is 2.63 bits per heavy atom. The maximum Gasteiger partial charge on any atom is 0.309 e. The second-order valence-corrected chi connectivity index (χ2v) is 4.76. The molecule has 0 atom stereocenters. The summed E-state index contributed by atoms with van der Waals surface area (Å²) in [5, 5.41) is 0. The first-order valence-corrected chi connectivity index (χ1v) is 6.63. The molecule has 1 fully saturated rings. The molecule has 1 aliphatic rings. The zero-order chi connectivity index (χ0) is 13.8. The van der Waals surface area contributed by atoms with Crippen LogP contribution in [0.5, 0.6) is 0 Å². The molecule has 0 radical (unpaired) electrons. The van der Waals surface area contributed by atoms with Gasteiger partial charge < -0.3 is 14.1 Å². The van der Waals surface area contributed by atoms with Crippen LogP contribution in [0.1, 0.15) is 35.9 Å². The minimum atomic E-state index is -0.145. The van der Waals surface area contributed by atoms with Gasteiger partial charge in [-0.25, -0.2) is 0 Å². The van der Waals surface area contributed by atoms with Gasteiger partial charge in [-0.2, -0.15) is 0 Å². The Bertz CT molecular complexity index is 458. The van der Waals surface area contributed by atoms with Crippen LogP contribution >= 0.6 is 0 Å². The number of hydrogen-bond acceptors (Lipinski definition) is 4. The number of piperidine rings is 1. The summed E-state index contributed by atoms with van der Waals surface area (Å²) in [6.07, 6.45) is 2.82. The Labute approximate surface area is 112 Å². The smallest absolute Gasteiger partial charge is 0.309 e. The average Bonchev–Trinajstić information content (AvgIpc) is 2.85. The molecule has 1 saturated heterocycles. The van der Waals surface area contributed by atoms with Gasteiger partial charge in [0.05, 0.1) is 18.1 Å². The quantitative estimate of drug-likeness (QED) is 0.784. The van der Waals surface area contributed by atoms with Gasteiger partial charge in [0.15, 0.2) is 0 Å². The molecule has 5 nitrogen and oxygen atoms in total. The number of ether oxygens (including phenoxy) is 1. The number of amides is 1. The van der Waals surface area contributed by atoms with E-state index in [9.17, 15) is 9.59 Å². The molecule has 0 bridgehead atoms. The number of nitrogens with zero attached hydrogens (tertiary/aromatic N) is 1. The number of likely N-dealkylation sites (tertiary alicyclic amines) is 1. The number of furan rings is 1. The Kier molecular flexibility index (Phi) is 4.24. The van der Waals surface area contributed by atoms with Crippen molar-refractivity contribution in [2.75, 3.05) is 19.7 Å². The third kappa shape index (κ3) is 3.16. The van der Waals surface area contributed by atoms with Crippen molar-refractivity contribution >= 4 is 11.9 Å². The minimum Gasteiger partial charge on any atom is -0.469 e. The summed E-state index contributed by atoms with van der Waals surface area (Å²) in [6, 6.07) is 1.74. The zero-order valence-electron chi connectivity index (χ0n) is 11.3. The summed E-state index contributed by atoms with van der Waals surface area (Å²) in [6.45, 7) is 5.20. The highest BCUT2D eigenvalue weighted by Crippen LogP contribution is 2.21. The van der Waals surface area contributed by atoms with Gasteiger partial charge >= 0.3 is 5.97 Å². The van der Waals surface area contributed by atoms with Crippen molar-refractivity contribution in [2.45, 2.75) is 26.7 Å². The molecule has 2 rings (SSSR count). The minimum absolute atomic E-state index is 0.0286. The van der Waals surface area contributed by atoms with Gasteiger partial charge in [0.1, 0.15) is 12.0 Å². The van der Waals surface area contributed by atoms with Crippen molar-refractivity contribution < 1.29 is 18.7 Å². The summed E-state index contributed by atoms with van der Waals surface area (Å²) >= 11 is 0. The maximum atomic E-state index is 12.2. The van der Waals surface area contributed by atoms with Gasteiger partial charge in [0.25, 0.3) is 5.91 Å².